The molecule has 19 heavy (non-hydrogen) atoms. The maximum absolute atomic E-state index is 11.7. The van der Waals surface area contributed by atoms with Gasteiger partial charge in [0.2, 0.25) is 5.91 Å². The first-order valence-electron chi connectivity index (χ1n) is 5.82. The minimum absolute atomic E-state index is 0. The number of hydrogen-bond donors (Lipinski definition) is 2. The van der Waals surface area contributed by atoms with E-state index < -0.39 is 0 Å². The van der Waals surface area contributed by atoms with Gasteiger partial charge in [-0.1, -0.05) is 0 Å². The molecule has 1 aromatic heterocycles. The molecule has 5 nitrogen and oxygen atoms in total. The van der Waals surface area contributed by atoms with Crippen molar-refractivity contribution in [3.05, 3.63) is 30.1 Å². The van der Waals surface area contributed by atoms with Crippen LogP contribution >= 0.6 is 24.8 Å². The van der Waals surface area contributed by atoms with Gasteiger partial charge in [0.15, 0.2) is 0 Å². The van der Waals surface area contributed by atoms with Crippen LogP contribution in [-0.2, 0) is 16.1 Å². The Morgan fingerprint density at radius 1 is 1.42 bits per heavy atom. The van der Waals surface area contributed by atoms with E-state index in [2.05, 4.69) is 15.6 Å². The van der Waals surface area contributed by atoms with E-state index in [0.717, 1.165) is 18.7 Å². The quantitative estimate of drug-likeness (QED) is 0.868. The molecule has 0 spiro atoms. The zero-order chi connectivity index (χ0) is 11.9. The normalized spacial score (nSPS) is 17.8. The standard InChI is InChI=1S/C12H17N3O2.2ClH/c16-12(7-11-9-14-5-6-17-11)15-8-10-1-3-13-4-2-10;;/h1-4,11,14H,5-9H2,(H,15,16);2*1H. The summed E-state index contributed by atoms with van der Waals surface area (Å²) in [5, 5.41) is 6.07. The average molecular weight is 308 g/mol. The third-order valence-corrected chi connectivity index (χ3v) is 2.66. The molecule has 1 atom stereocenters. The topological polar surface area (TPSA) is 63.2 Å². The number of morpholine rings is 1. The molecule has 1 aliphatic heterocycles. The summed E-state index contributed by atoms with van der Waals surface area (Å²) in [5.41, 5.74) is 1.05. The van der Waals surface area contributed by atoms with Crippen LogP contribution in [0.1, 0.15) is 12.0 Å². The number of rotatable bonds is 4. The van der Waals surface area contributed by atoms with E-state index in [9.17, 15) is 4.79 Å². The van der Waals surface area contributed by atoms with E-state index in [4.69, 9.17) is 4.74 Å². The Hall–Kier alpha value is -0.880. The van der Waals surface area contributed by atoms with Gasteiger partial charge in [0.1, 0.15) is 0 Å². The van der Waals surface area contributed by atoms with E-state index in [1.54, 1.807) is 12.4 Å². The van der Waals surface area contributed by atoms with Crippen LogP contribution in [0.4, 0.5) is 0 Å². The predicted molar refractivity (Wildman–Crippen MR) is 77.8 cm³/mol. The van der Waals surface area contributed by atoms with E-state index in [1.807, 2.05) is 12.1 Å². The highest BCUT2D eigenvalue weighted by molar-refractivity contribution is 5.85. The molecule has 7 heteroatoms. The number of aromatic nitrogens is 1. The third-order valence-electron chi connectivity index (χ3n) is 2.66. The monoisotopic (exact) mass is 307 g/mol. The fourth-order valence-electron chi connectivity index (χ4n) is 1.73. The second-order valence-electron chi connectivity index (χ2n) is 4.03. The van der Waals surface area contributed by atoms with E-state index in [0.29, 0.717) is 19.6 Å². The summed E-state index contributed by atoms with van der Waals surface area (Å²) in [5.74, 6) is 0.0236. The number of amides is 1. The summed E-state index contributed by atoms with van der Waals surface area (Å²) in [7, 11) is 0. The molecule has 1 aromatic rings. The van der Waals surface area contributed by atoms with Gasteiger partial charge in [-0.05, 0) is 17.7 Å². The van der Waals surface area contributed by atoms with Crippen molar-refractivity contribution in [3.8, 4) is 0 Å². The largest absolute Gasteiger partial charge is 0.375 e. The summed E-state index contributed by atoms with van der Waals surface area (Å²) in [6.07, 6.45) is 3.85. The minimum Gasteiger partial charge on any atom is -0.375 e. The highest BCUT2D eigenvalue weighted by Gasteiger charge is 2.16. The lowest BCUT2D eigenvalue weighted by Crippen LogP contribution is -2.41. The summed E-state index contributed by atoms with van der Waals surface area (Å²) >= 11 is 0. The van der Waals surface area contributed by atoms with Crippen LogP contribution in [0.5, 0.6) is 0 Å². The van der Waals surface area contributed by atoms with Crippen LogP contribution in [-0.4, -0.2) is 36.7 Å². The summed E-state index contributed by atoms with van der Waals surface area (Å²) < 4.78 is 5.47. The summed E-state index contributed by atoms with van der Waals surface area (Å²) in [6.45, 7) is 2.85. The van der Waals surface area contributed by atoms with Gasteiger partial charge in [-0.25, -0.2) is 0 Å². The fraction of sp³-hybridized carbons (Fsp3) is 0.500. The molecule has 2 rings (SSSR count). The molecule has 0 aromatic carbocycles. The average Bonchev–Trinajstić information content (AvgIpc) is 2.39. The first-order chi connectivity index (χ1) is 8.34. The molecular formula is C12H19Cl2N3O2. The molecule has 1 aliphatic rings. The third kappa shape index (κ3) is 6.73. The predicted octanol–water partition coefficient (Wildman–Crippen LogP) is 0.920. The first-order valence-corrected chi connectivity index (χ1v) is 5.82. The number of hydrogen-bond acceptors (Lipinski definition) is 4. The van der Waals surface area contributed by atoms with Crippen LogP contribution in [0.15, 0.2) is 24.5 Å². The summed E-state index contributed by atoms with van der Waals surface area (Å²) in [4.78, 5) is 15.6. The lowest BCUT2D eigenvalue weighted by atomic mass is 10.2. The Balaban J connectivity index is 0.00000162. The molecule has 0 aliphatic carbocycles. The number of nitrogens with one attached hydrogen (secondary N) is 2. The van der Waals surface area contributed by atoms with Gasteiger partial charge in [-0.3, -0.25) is 9.78 Å². The van der Waals surface area contributed by atoms with Gasteiger partial charge >= 0.3 is 0 Å². The molecule has 108 valence electrons. The van der Waals surface area contributed by atoms with Crippen molar-refractivity contribution in [2.75, 3.05) is 19.7 Å². The van der Waals surface area contributed by atoms with Crippen molar-refractivity contribution in [2.45, 2.75) is 19.1 Å². The maximum atomic E-state index is 11.7. The molecule has 0 radical (unpaired) electrons. The van der Waals surface area contributed by atoms with E-state index in [-0.39, 0.29) is 36.8 Å². The Labute approximate surface area is 125 Å². The SMILES string of the molecule is Cl.Cl.O=C(CC1CNCCO1)NCc1ccncc1. The fourth-order valence-corrected chi connectivity index (χ4v) is 1.73. The lowest BCUT2D eigenvalue weighted by molar-refractivity contribution is -0.124. The van der Waals surface area contributed by atoms with Gasteiger partial charge in [-0.2, -0.15) is 0 Å². The molecule has 1 amide bonds. The molecular weight excluding hydrogens is 289 g/mol. The summed E-state index contributed by atoms with van der Waals surface area (Å²) in [6, 6.07) is 3.78. The van der Waals surface area contributed by atoms with Crippen LogP contribution in [0.25, 0.3) is 0 Å². The van der Waals surface area contributed by atoms with Crippen LogP contribution < -0.4 is 10.6 Å². The van der Waals surface area contributed by atoms with Crippen LogP contribution in [0, 0.1) is 0 Å². The second kappa shape index (κ2) is 9.97. The molecule has 1 fully saturated rings. The number of pyridine rings is 1. The number of ether oxygens (including phenoxy) is 1. The van der Waals surface area contributed by atoms with Crippen molar-refractivity contribution in [1.82, 2.24) is 15.6 Å². The van der Waals surface area contributed by atoms with Crippen molar-refractivity contribution in [1.29, 1.82) is 0 Å². The van der Waals surface area contributed by atoms with Gasteiger partial charge in [0.05, 0.1) is 19.1 Å². The van der Waals surface area contributed by atoms with Crippen LogP contribution in [0.2, 0.25) is 0 Å². The van der Waals surface area contributed by atoms with Gasteiger partial charge in [0, 0.05) is 32.0 Å². The number of carbonyl (C=O) groups excluding carboxylic acids is 1. The smallest absolute Gasteiger partial charge is 0.222 e. The zero-order valence-corrected chi connectivity index (χ0v) is 12.1. The van der Waals surface area contributed by atoms with Gasteiger partial charge < -0.3 is 15.4 Å². The Bertz CT molecular complexity index is 359. The van der Waals surface area contributed by atoms with Gasteiger partial charge in [-0.15, -0.1) is 24.8 Å². The van der Waals surface area contributed by atoms with Crippen molar-refractivity contribution in [2.24, 2.45) is 0 Å². The lowest BCUT2D eigenvalue weighted by Gasteiger charge is -2.23. The zero-order valence-electron chi connectivity index (χ0n) is 10.5. The Morgan fingerprint density at radius 2 is 2.16 bits per heavy atom. The minimum atomic E-state index is 0. The number of carbonyl (C=O) groups is 1. The van der Waals surface area contributed by atoms with Crippen LogP contribution in [0.3, 0.4) is 0 Å². The van der Waals surface area contributed by atoms with Crippen molar-refractivity contribution < 1.29 is 9.53 Å². The van der Waals surface area contributed by atoms with E-state index >= 15 is 0 Å². The maximum Gasteiger partial charge on any atom is 0.222 e. The highest BCUT2D eigenvalue weighted by Crippen LogP contribution is 2.02. The molecule has 1 unspecified atom stereocenters. The number of halogens is 2. The van der Waals surface area contributed by atoms with Crippen molar-refractivity contribution >= 4 is 30.7 Å². The molecule has 0 bridgehead atoms. The Kier molecular flexibility index (Phi) is 9.51. The molecule has 0 saturated carbocycles. The molecule has 2 N–H and O–H groups in total. The van der Waals surface area contributed by atoms with Crippen molar-refractivity contribution in [3.63, 3.8) is 0 Å². The highest BCUT2D eigenvalue weighted by atomic mass is 35.5. The first kappa shape index (κ1) is 18.1. The Morgan fingerprint density at radius 3 is 2.79 bits per heavy atom. The van der Waals surface area contributed by atoms with E-state index in [1.165, 1.54) is 0 Å². The van der Waals surface area contributed by atoms with Gasteiger partial charge in [0.25, 0.3) is 0 Å². The molecule has 2 heterocycles. The number of nitrogens with zero attached hydrogens (tertiary/aromatic N) is 1. The second-order valence-corrected chi connectivity index (χ2v) is 4.03. The molecule has 1 saturated heterocycles.